The highest BCUT2D eigenvalue weighted by Crippen LogP contribution is 2.29. The van der Waals surface area contributed by atoms with Crippen LogP contribution in [0.1, 0.15) is 47.6 Å². The van der Waals surface area contributed by atoms with E-state index in [0.29, 0.717) is 24.8 Å². The van der Waals surface area contributed by atoms with Crippen molar-refractivity contribution in [2.75, 3.05) is 13.1 Å². The summed E-state index contributed by atoms with van der Waals surface area (Å²) in [5.41, 5.74) is 1.74. The van der Waals surface area contributed by atoms with E-state index in [9.17, 15) is 4.79 Å². The molecule has 3 rings (SSSR count). The van der Waals surface area contributed by atoms with Gasteiger partial charge >= 0.3 is 0 Å². The van der Waals surface area contributed by atoms with Gasteiger partial charge in [0.2, 0.25) is 11.8 Å². The van der Waals surface area contributed by atoms with Gasteiger partial charge in [0.1, 0.15) is 5.76 Å². The second-order valence-electron chi connectivity index (χ2n) is 5.88. The third-order valence-corrected chi connectivity index (χ3v) is 4.20. The lowest BCUT2D eigenvalue weighted by molar-refractivity contribution is -0.122. The number of likely N-dealkylation sites (tertiary alicyclic amines) is 1. The number of carbonyl (C=O) groups excluding carboxylic acids is 1. The van der Waals surface area contributed by atoms with Crippen molar-refractivity contribution >= 4 is 5.91 Å². The van der Waals surface area contributed by atoms with E-state index in [1.54, 1.807) is 6.92 Å². The fourth-order valence-electron chi connectivity index (χ4n) is 2.94. The maximum absolute atomic E-state index is 12.2. The molecule has 8 nitrogen and oxygen atoms in total. The van der Waals surface area contributed by atoms with Crippen molar-refractivity contribution in [3.8, 4) is 0 Å². The van der Waals surface area contributed by atoms with E-state index >= 15 is 0 Å². The summed E-state index contributed by atoms with van der Waals surface area (Å²) in [7, 11) is 0. The Morgan fingerprint density at radius 1 is 1.30 bits per heavy atom. The molecule has 8 heteroatoms. The van der Waals surface area contributed by atoms with E-state index in [4.69, 9.17) is 9.05 Å². The van der Waals surface area contributed by atoms with Crippen LogP contribution in [0.5, 0.6) is 0 Å². The lowest BCUT2D eigenvalue weighted by Gasteiger charge is -2.21. The number of hydrogen-bond acceptors (Lipinski definition) is 7. The molecule has 1 aliphatic rings. The van der Waals surface area contributed by atoms with Gasteiger partial charge in [0.25, 0.3) is 0 Å². The minimum atomic E-state index is -0.0304. The number of nitrogens with one attached hydrogen (secondary N) is 1. The molecule has 1 N–H and O–H groups in total. The normalized spacial score (nSPS) is 18.5. The predicted octanol–water partition coefficient (Wildman–Crippen LogP) is 1.44. The lowest BCUT2D eigenvalue weighted by atomic mass is 10.2. The van der Waals surface area contributed by atoms with Crippen LogP contribution in [0, 0.1) is 20.8 Å². The zero-order valence-corrected chi connectivity index (χ0v) is 13.6. The number of carbonyl (C=O) groups is 1. The molecule has 1 amide bonds. The molecular weight excluding hydrogens is 298 g/mol. The van der Waals surface area contributed by atoms with E-state index in [1.165, 1.54) is 0 Å². The Labute approximate surface area is 134 Å². The van der Waals surface area contributed by atoms with Crippen LogP contribution in [-0.2, 0) is 11.3 Å². The van der Waals surface area contributed by atoms with Gasteiger partial charge in [-0.3, -0.25) is 9.69 Å². The summed E-state index contributed by atoms with van der Waals surface area (Å²) in [4.78, 5) is 18.6. The molecule has 0 saturated carbocycles. The summed E-state index contributed by atoms with van der Waals surface area (Å²) in [5.74, 6) is 1.93. The Kier molecular flexibility index (Phi) is 4.42. The van der Waals surface area contributed by atoms with Crippen LogP contribution in [0.4, 0.5) is 0 Å². The smallest absolute Gasteiger partial charge is 0.234 e. The summed E-state index contributed by atoms with van der Waals surface area (Å²) in [6, 6.07) is 0.0530. The van der Waals surface area contributed by atoms with Gasteiger partial charge in [-0.2, -0.15) is 4.98 Å². The standard InChI is InChI=1S/C15H21N5O3/c1-9-12(10(2)22-18-9)7-16-14(21)8-20-6-4-5-13(20)15-17-11(3)23-19-15/h13H,4-8H2,1-3H3,(H,16,21)/t13-/m0/s1. The Morgan fingerprint density at radius 3 is 2.78 bits per heavy atom. The van der Waals surface area contributed by atoms with Gasteiger partial charge in [-0.15, -0.1) is 0 Å². The number of amides is 1. The van der Waals surface area contributed by atoms with Gasteiger partial charge < -0.3 is 14.4 Å². The third-order valence-electron chi connectivity index (χ3n) is 4.20. The summed E-state index contributed by atoms with van der Waals surface area (Å²) in [5, 5.41) is 10.8. The van der Waals surface area contributed by atoms with Crippen molar-refractivity contribution in [3.63, 3.8) is 0 Å². The first kappa shape index (κ1) is 15.7. The van der Waals surface area contributed by atoms with E-state index in [0.717, 1.165) is 36.4 Å². The van der Waals surface area contributed by atoms with Crippen molar-refractivity contribution in [2.24, 2.45) is 0 Å². The van der Waals surface area contributed by atoms with Crippen LogP contribution in [0.15, 0.2) is 9.05 Å². The lowest BCUT2D eigenvalue weighted by Crippen LogP contribution is -2.37. The molecule has 2 aromatic rings. The first-order valence-corrected chi connectivity index (χ1v) is 7.77. The fraction of sp³-hybridized carbons (Fsp3) is 0.600. The molecule has 1 aliphatic heterocycles. The zero-order chi connectivity index (χ0) is 16.4. The molecule has 0 aliphatic carbocycles. The zero-order valence-electron chi connectivity index (χ0n) is 13.6. The maximum atomic E-state index is 12.2. The van der Waals surface area contributed by atoms with Gasteiger partial charge in [0.05, 0.1) is 18.3 Å². The molecule has 0 radical (unpaired) electrons. The van der Waals surface area contributed by atoms with Crippen molar-refractivity contribution in [1.29, 1.82) is 0 Å². The van der Waals surface area contributed by atoms with Crippen LogP contribution in [0.3, 0.4) is 0 Å². The van der Waals surface area contributed by atoms with Crippen LogP contribution < -0.4 is 5.32 Å². The second-order valence-corrected chi connectivity index (χ2v) is 5.88. The maximum Gasteiger partial charge on any atom is 0.234 e. The first-order valence-electron chi connectivity index (χ1n) is 7.77. The highest BCUT2D eigenvalue weighted by molar-refractivity contribution is 5.78. The molecule has 23 heavy (non-hydrogen) atoms. The van der Waals surface area contributed by atoms with Crippen LogP contribution in [-0.4, -0.2) is 39.2 Å². The van der Waals surface area contributed by atoms with Crippen molar-refractivity contribution in [2.45, 2.75) is 46.2 Å². The largest absolute Gasteiger partial charge is 0.361 e. The fourth-order valence-corrected chi connectivity index (χ4v) is 2.94. The van der Waals surface area contributed by atoms with E-state index in [1.807, 2.05) is 13.8 Å². The van der Waals surface area contributed by atoms with Gasteiger partial charge in [-0.05, 0) is 33.2 Å². The summed E-state index contributed by atoms with van der Waals surface area (Å²) >= 11 is 0. The molecule has 1 fully saturated rings. The highest BCUT2D eigenvalue weighted by Gasteiger charge is 2.31. The van der Waals surface area contributed by atoms with E-state index in [2.05, 4.69) is 25.5 Å². The van der Waals surface area contributed by atoms with Crippen LogP contribution in [0.2, 0.25) is 0 Å². The molecule has 1 atom stereocenters. The highest BCUT2D eigenvalue weighted by atomic mass is 16.5. The molecule has 0 aromatic carbocycles. The molecule has 1 saturated heterocycles. The monoisotopic (exact) mass is 319 g/mol. The molecule has 124 valence electrons. The van der Waals surface area contributed by atoms with Crippen LogP contribution in [0.25, 0.3) is 0 Å². The van der Waals surface area contributed by atoms with E-state index in [-0.39, 0.29) is 11.9 Å². The van der Waals surface area contributed by atoms with Gasteiger partial charge in [-0.1, -0.05) is 10.3 Å². The Balaban J connectivity index is 1.57. The summed E-state index contributed by atoms with van der Waals surface area (Å²) < 4.78 is 10.1. The van der Waals surface area contributed by atoms with Crippen LogP contribution >= 0.6 is 0 Å². The van der Waals surface area contributed by atoms with Gasteiger partial charge in [0.15, 0.2) is 5.82 Å². The first-order chi connectivity index (χ1) is 11.0. The van der Waals surface area contributed by atoms with Crippen molar-refractivity contribution in [3.05, 3.63) is 28.7 Å². The summed E-state index contributed by atoms with van der Waals surface area (Å²) in [6.07, 6.45) is 1.96. The Bertz CT molecular complexity index is 674. The third kappa shape index (κ3) is 3.42. The minimum Gasteiger partial charge on any atom is -0.361 e. The topological polar surface area (TPSA) is 97.3 Å². The number of rotatable bonds is 5. The number of aromatic nitrogens is 3. The van der Waals surface area contributed by atoms with Crippen molar-refractivity contribution in [1.82, 2.24) is 25.5 Å². The van der Waals surface area contributed by atoms with Crippen molar-refractivity contribution < 1.29 is 13.8 Å². The molecule has 0 unspecified atom stereocenters. The van der Waals surface area contributed by atoms with Gasteiger partial charge in [-0.25, -0.2) is 0 Å². The number of hydrogen-bond donors (Lipinski definition) is 1. The van der Waals surface area contributed by atoms with Gasteiger partial charge in [0, 0.05) is 19.0 Å². The average Bonchev–Trinajstić information content (AvgIpc) is 3.20. The average molecular weight is 319 g/mol. The SMILES string of the molecule is Cc1nc([C@@H]2CCCN2CC(=O)NCc2c(C)noc2C)no1. The number of nitrogens with zero attached hydrogens (tertiary/aromatic N) is 4. The molecule has 2 aromatic heterocycles. The predicted molar refractivity (Wildman–Crippen MR) is 80.4 cm³/mol. The number of aryl methyl sites for hydroxylation is 3. The molecule has 3 heterocycles. The second kappa shape index (κ2) is 6.49. The quantitative estimate of drug-likeness (QED) is 0.890. The van der Waals surface area contributed by atoms with E-state index < -0.39 is 0 Å². The molecule has 0 spiro atoms. The Morgan fingerprint density at radius 2 is 2.13 bits per heavy atom. The molecular formula is C15H21N5O3. The molecule has 0 bridgehead atoms. The Hall–Kier alpha value is -2.22. The summed E-state index contributed by atoms with van der Waals surface area (Å²) in [6.45, 7) is 7.09. The minimum absolute atomic E-state index is 0.0304.